The summed E-state index contributed by atoms with van der Waals surface area (Å²) < 4.78 is 0. The Morgan fingerprint density at radius 3 is 2.25 bits per heavy atom. The fourth-order valence-electron chi connectivity index (χ4n) is 1.93. The van der Waals surface area contributed by atoms with E-state index in [1.54, 1.807) is 0 Å². The summed E-state index contributed by atoms with van der Waals surface area (Å²) in [7, 11) is 0. The van der Waals surface area contributed by atoms with Crippen LogP contribution in [0.25, 0.3) is 0 Å². The molecule has 4 nitrogen and oxygen atoms in total. The number of hydrogen-bond donors (Lipinski definition) is 2. The number of nitrogens with zero attached hydrogens (tertiary/aromatic N) is 1. The van der Waals surface area contributed by atoms with Gasteiger partial charge in [-0.3, -0.25) is 4.90 Å². The van der Waals surface area contributed by atoms with E-state index in [0.717, 1.165) is 13.1 Å². The highest BCUT2D eigenvalue weighted by Gasteiger charge is 2.39. The summed E-state index contributed by atoms with van der Waals surface area (Å²) in [5.74, 6) is 0. The molecule has 68 valence electrons. The highest BCUT2D eigenvalue weighted by atomic mass is 16.2. The predicted octanol–water partition coefficient (Wildman–Crippen LogP) is -0.240. The van der Waals surface area contributed by atoms with Crippen molar-refractivity contribution in [2.75, 3.05) is 13.1 Å². The molecule has 2 aliphatic heterocycles. The van der Waals surface area contributed by atoms with Crippen molar-refractivity contribution in [2.45, 2.75) is 32.0 Å². The number of carbonyl (C=O) groups is 1. The number of rotatable bonds is 1. The fraction of sp³-hybridized carbons (Fsp3) is 0.875. The smallest absolute Gasteiger partial charge is 0.315 e. The van der Waals surface area contributed by atoms with E-state index in [4.69, 9.17) is 0 Å². The fourth-order valence-corrected chi connectivity index (χ4v) is 1.93. The molecule has 0 aromatic rings. The van der Waals surface area contributed by atoms with Gasteiger partial charge in [0.25, 0.3) is 0 Å². The van der Waals surface area contributed by atoms with Gasteiger partial charge in [-0.1, -0.05) is 0 Å². The van der Waals surface area contributed by atoms with Crippen LogP contribution in [0.15, 0.2) is 0 Å². The lowest BCUT2D eigenvalue weighted by molar-refractivity contribution is 0.233. The van der Waals surface area contributed by atoms with E-state index in [9.17, 15) is 4.79 Å². The first-order valence-electron chi connectivity index (χ1n) is 4.48. The van der Waals surface area contributed by atoms with Gasteiger partial charge in [-0.15, -0.1) is 0 Å². The van der Waals surface area contributed by atoms with Crippen LogP contribution >= 0.6 is 0 Å². The van der Waals surface area contributed by atoms with Crippen molar-refractivity contribution < 1.29 is 4.79 Å². The Morgan fingerprint density at radius 1 is 1.33 bits per heavy atom. The van der Waals surface area contributed by atoms with E-state index in [0.29, 0.717) is 18.1 Å². The van der Waals surface area contributed by atoms with Crippen molar-refractivity contribution in [3.63, 3.8) is 0 Å². The third-order valence-electron chi connectivity index (χ3n) is 2.71. The molecule has 2 unspecified atom stereocenters. The topological polar surface area (TPSA) is 44.4 Å². The first-order chi connectivity index (χ1) is 5.66. The summed E-state index contributed by atoms with van der Waals surface area (Å²) in [6, 6.07) is 1.24. The zero-order chi connectivity index (χ0) is 8.72. The van der Waals surface area contributed by atoms with Gasteiger partial charge in [-0.05, 0) is 13.8 Å². The molecular weight excluding hydrogens is 154 g/mol. The molecule has 4 heteroatoms. The zero-order valence-electron chi connectivity index (χ0n) is 7.50. The summed E-state index contributed by atoms with van der Waals surface area (Å²) in [4.78, 5) is 13.3. The van der Waals surface area contributed by atoms with Crippen molar-refractivity contribution in [1.29, 1.82) is 0 Å². The van der Waals surface area contributed by atoms with Crippen LogP contribution in [0.1, 0.15) is 13.8 Å². The number of hydrogen-bond acceptors (Lipinski definition) is 2. The molecule has 12 heavy (non-hydrogen) atoms. The lowest BCUT2D eigenvalue weighted by Crippen LogP contribution is -2.37. The maximum absolute atomic E-state index is 10.9. The van der Waals surface area contributed by atoms with Crippen molar-refractivity contribution in [1.82, 2.24) is 15.5 Å². The van der Waals surface area contributed by atoms with Crippen LogP contribution in [0.3, 0.4) is 0 Å². The van der Waals surface area contributed by atoms with Crippen molar-refractivity contribution in [3.8, 4) is 0 Å². The minimum absolute atomic E-state index is 0.00611. The SMILES string of the molecule is CC(C)N1CC2NC(=O)NC2C1. The maximum atomic E-state index is 10.9. The Labute approximate surface area is 72.3 Å². The Kier molecular flexibility index (Phi) is 1.72. The number of carbonyl (C=O) groups excluding carboxylic acids is 1. The second kappa shape index (κ2) is 2.62. The van der Waals surface area contributed by atoms with Gasteiger partial charge in [-0.2, -0.15) is 0 Å². The summed E-state index contributed by atoms with van der Waals surface area (Å²) in [6.45, 7) is 6.34. The Hall–Kier alpha value is -0.770. The molecule has 2 rings (SSSR count). The van der Waals surface area contributed by atoms with E-state index in [-0.39, 0.29) is 6.03 Å². The van der Waals surface area contributed by atoms with Crippen LogP contribution in [-0.4, -0.2) is 42.1 Å². The molecule has 0 radical (unpaired) electrons. The predicted molar refractivity (Wildman–Crippen MR) is 46.0 cm³/mol. The van der Waals surface area contributed by atoms with Gasteiger partial charge < -0.3 is 10.6 Å². The van der Waals surface area contributed by atoms with E-state index in [1.807, 2.05) is 0 Å². The summed E-state index contributed by atoms with van der Waals surface area (Å²) in [6.07, 6.45) is 0. The minimum atomic E-state index is -0.00611. The van der Waals surface area contributed by atoms with Crippen LogP contribution in [0.4, 0.5) is 4.79 Å². The summed E-state index contributed by atoms with van der Waals surface area (Å²) in [5.41, 5.74) is 0. The summed E-state index contributed by atoms with van der Waals surface area (Å²) >= 11 is 0. The molecule has 2 heterocycles. The van der Waals surface area contributed by atoms with Crippen LogP contribution in [0.2, 0.25) is 0 Å². The number of nitrogens with one attached hydrogen (secondary N) is 2. The third kappa shape index (κ3) is 1.16. The molecule has 0 bridgehead atoms. The molecule has 2 amide bonds. The largest absolute Gasteiger partial charge is 0.332 e. The lowest BCUT2D eigenvalue weighted by atomic mass is 10.2. The van der Waals surface area contributed by atoms with Crippen LogP contribution in [0.5, 0.6) is 0 Å². The second-order valence-corrected chi connectivity index (χ2v) is 3.88. The summed E-state index contributed by atoms with van der Waals surface area (Å²) in [5, 5.41) is 5.82. The highest BCUT2D eigenvalue weighted by Crippen LogP contribution is 2.16. The van der Waals surface area contributed by atoms with Crippen molar-refractivity contribution in [3.05, 3.63) is 0 Å². The van der Waals surface area contributed by atoms with Crippen LogP contribution in [0, 0.1) is 0 Å². The van der Waals surface area contributed by atoms with Gasteiger partial charge in [0, 0.05) is 19.1 Å². The first kappa shape index (κ1) is 7.86. The quantitative estimate of drug-likeness (QED) is 0.569. The molecule has 2 atom stereocenters. The van der Waals surface area contributed by atoms with E-state index in [1.165, 1.54) is 0 Å². The number of fused-ring (bicyclic) bond motifs is 1. The van der Waals surface area contributed by atoms with Gasteiger partial charge >= 0.3 is 6.03 Å². The van der Waals surface area contributed by atoms with Crippen LogP contribution in [-0.2, 0) is 0 Å². The lowest BCUT2D eigenvalue weighted by Gasteiger charge is -2.20. The molecule has 2 saturated heterocycles. The Morgan fingerprint density at radius 2 is 1.83 bits per heavy atom. The normalized spacial score (nSPS) is 35.1. The molecule has 2 aliphatic rings. The third-order valence-corrected chi connectivity index (χ3v) is 2.71. The molecule has 0 saturated carbocycles. The van der Waals surface area contributed by atoms with Gasteiger partial charge in [0.15, 0.2) is 0 Å². The standard InChI is InChI=1S/C8H15N3O/c1-5(2)11-3-6-7(4-11)10-8(12)9-6/h5-7H,3-4H2,1-2H3,(H2,9,10,12). The minimum Gasteiger partial charge on any atom is -0.332 e. The van der Waals surface area contributed by atoms with Gasteiger partial charge in [0.05, 0.1) is 12.1 Å². The second-order valence-electron chi connectivity index (χ2n) is 3.88. The van der Waals surface area contributed by atoms with E-state index >= 15 is 0 Å². The zero-order valence-corrected chi connectivity index (χ0v) is 7.50. The number of urea groups is 1. The number of likely N-dealkylation sites (tertiary alicyclic amines) is 1. The van der Waals surface area contributed by atoms with E-state index < -0.39 is 0 Å². The van der Waals surface area contributed by atoms with E-state index in [2.05, 4.69) is 29.4 Å². The van der Waals surface area contributed by atoms with Gasteiger partial charge in [-0.25, -0.2) is 4.79 Å². The molecule has 0 aromatic carbocycles. The maximum Gasteiger partial charge on any atom is 0.315 e. The van der Waals surface area contributed by atoms with Crippen molar-refractivity contribution >= 4 is 6.03 Å². The molecule has 0 aliphatic carbocycles. The molecular formula is C8H15N3O. The Balaban J connectivity index is 1.97. The van der Waals surface area contributed by atoms with Gasteiger partial charge in [0.1, 0.15) is 0 Å². The Bertz CT molecular complexity index is 188. The number of amides is 2. The molecule has 2 fully saturated rings. The van der Waals surface area contributed by atoms with Crippen molar-refractivity contribution in [2.24, 2.45) is 0 Å². The average molecular weight is 169 g/mol. The highest BCUT2D eigenvalue weighted by molar-refractivity contribution is 5.77. The first-order valence-corrected chi connectivity index (χ1v) is 4.48. The average Bonchev–Trinajstić information content (AvgIpc) is 2.42. The molecule has 0 aromatic heterocycles. The molecule has 0 spiro atoms. The monoisotopic (exact) mass is 169 g/mol. The van der Waals surface area contributed by atoms with Crippen LogP contribution < -0.4 is 10.6 Å². The molecule has 2 N–H and O–H groups in total. The van der Waals surface area contributed by atoms with Gasteiger partial charge in [0.2, 0.25) is 0 Å².